The van der Waals surface area contributed by atoms with E-state index in [4.69, 9.17) is 14.5 Å². The SMILES string of the molecule is COC(=O)C1CCc2nnc(-c3csc(N4CCOCC4)n3)n2CC1. The minimum absolute atomic E-state index is 0.0705. The van der Waals surface area contributed by atoms with Crippen molar-refractivity contribution in [2.24, 2.45) is 5.92 Å². The first-order valence-electron chi connectivity index (χ1n) is 8.55. The summed E-state index contributed by atoms with van der Waals surface area (Å²) in [5.41, 5.74) is 0.849. The Hall–Kier alpha value is -2.00. The highest BCUT2D eigenvalue weighted by Crippen LogP contribution is 2.29. The van der Waals surface area contributed by atoms with Crippen LogP contribution in [0.4, 0.5) is 5.13 Å². The van der Waals surface area contributed by atoms with Crippen LogP contribution in [0.15, 0.2) is 5.38 Å². The van der Waals surface area contributed by atoms with Gasteiger partial charge < -0.3 is 18.9 Å². The molecule has 2 aliphatic heterocycles. The first-order chi connectivity index (χ1) is 12.3. The maximum atomic E-state index is 11.8. The van der Waals surface area contributed by atoms with Crippen LogP contribution in [0, 0.1) is 5.92 Å². The number of aromatic nitrogens is 4. The number of rotatable bonds is 3. The number of fused-ring (bicyclic) bond motifs is 1. The number of ether oxygens (including phenoxy) is 2. The van der Waals surface area contributed by atoms with E-state index >= 15 is 0 Å². The van der Waals surface area contributed by atoms with Crippen LogP contribution in [0.2, 0.25) is 0 Å². The normalized spacial score (nSPS) is 20.8. The van der Waals surface area contributed by atoms with Crippen molar-refractivity contribution in [2.75, 3.05) is 38.3 Å². The van der Waals surface area contributed by atoms with Gasteiger partial charge in [-0.2, -0.15) is 0 Å². The molecule has 134 valence electrons. The van der Waals surface area contributed by atoms with Crippen molar-refractivity contribution < 1.29 is 14.3 Å². The summed E-state index contributed by atoms with van der Waals surface area (Å²) >= 11 is 1.62. The molecule has 1 atom stereocenters. The Morgan fingerprint density at radius 2 is 2.12 bits per heavy atom. The van der Waals surface area contributed by atoms with E-state index in [-0.39, 0.29) is 11.9 Å². The number of anilines is 1. The van der Waals surface area contributed by atoms with E-state index in [0.29, 0.717) is 6.54 Å². The highest BCUT2D eigenvalue weighted by atomic mass is 32.1. The third-order valence-electron chi connectivity index (χ3n) is 4.78. The number of morpholine rings is 1. The molecule has 0 amide bonds. The van der Waals surface area contributed by atoms with E-state index in [2.05, 4.69) is 19.7 Å². The summed E-state index contributed by atoms with van der Waals surface area (Å²) in [6.45, 7) is 3.92. The van der Waals surface area contributed by atoms with Crippen molar-refractivity contribution in [3.63, 3.8) is 0 Å². The maximum Gasteiger partial charge on any atom is 0.308 e. The number of aryl methyl sites for hydroxylation is 1. The van der Waals surface area contributed by atoms with Crippen molar-refractivity contribution in [3.8, 4) is 11.5 Å². The molecule has 1 unspecified atom stereocenters. The Kier molecular flexibility index (Phi) is 4.67. The molecule has 0 aliphatic carbocycles. The van der Waals surface area contributed by atoms with Crippen molar-refractivity contribution in [1.82, 2.24) is 19.7 Å². The van der Waals surface area contributed by atoms with E-state index in [1.165, 1.54) is 7.11 Å². The summed E-state index contributed by atoms with van der Waals surface area (Å²) in [5, 5.41) is 11.7. The van der Waals surface area contributed by atoms with Crippen LogP contribution >= 0.6 is 11.3 Å². The topological polar surface area (TPSA) is 82.4 Å². The van der Waals surface area contributed by atoms with Gasteiger partial charge in [0, 0.05) is 31.4 Å². The summed E-state index contributed by atoms with van der Waals surface area (Å²) in [6.07, 6.45) is 2.22. The number of methoxy groups -OCH3 is 1. The second-order valence-electron chi connectivity index (χ2n) is 6.25. The summed E-state index contributed by atoms with van der Waals surface area (Å²) in [5.74, 6) is 1.50. The first-order valence-corrected chi connectivity index (χ1v) is 9.42. The maximum absolute atomic E-state index is 11.8. The van der Waals surface area contributed by atoms with Gasteiger partial charge in [0.1, 0.15) is 11.5 Å². The van der Waals surface area contributed by atoms with E-state index in [9.17, 15) is 4.79 Å². The smallest absolute Gasteiger partial charge is 0.308 e. The highest BCUT2D eigenvalue weighted by Gasteiger charge is 2.26. The lowest BCUT2D eigenvalue weighted by atomic mass is 10.0. The van der Waals surface area contributed by atoms with Gasteiger partial charge in [-0.1, -0.05) is 0 Å². The second-order valence-corrected chi connectivity index (χ2v) is 7.09. The minimum Gasteiger partial charge on any atom is -0.469 e. The lowest BCUT2D eigenvalue weighted by Gasteiger charge is -2.25. The number of nitrogens with zero attached hydrogens (tertiary/aromatic N) is 5. The summed E-state index contributed by atoms with van der Waals surface area (Å²) in [7, 11) is 1.45. The van der Waals surface area contributed by atoms with E-state index in [0.717, 1.165) is 68.0 Å². The fourth-order valence-electron chi connectivity index (χ4n) is 3.35. The molecule has 0 aromatic carbocycles. The van der Waals surface area contributed by atoms with Crippen LogP contribution < -0.4 is 4.90 Å². The van der Waals surface area contributed by atoms with Gasteiger partial charge in [0.05, 0.1) is 26.2 Å². The van der Waals surface area contributed by atoms with Gasteiger partial charge in [0.25, 0.3) is 0 Å². The third-order valence-corrected chi connectivity index (χ3v) is 5.68. The summed E-state index contributed by atoms with van der Waals surface area (Å²) < 4.78 is 12.4. The van der Waals surface area contributed by atoms with Crippen LogP contribution in [0.5, 0.6) is 0 Å². The van der Waals surface area contributed by atoms with Crippen molar-refractivity contribution in [2.45, 2.75) is 25.8 Å². The molecule has 0 N–H and O–H groups in total. The highest BCUT2D eigenvalue weighted by molar-refractivity contribution is 7.14. The zero-order chi connectivity index (χ0) is 17.2. The molecule has 0 radical (unpaired) electrons. The average Bonchev–Trinajstić information content (AvgIpc) is 3.24. The number of carbonyl (C=O) groups excluding carboxylic acids is 1. The Morgan fingerprint density at radius 3 is 2.92 bits per heavy atom. The predicted molar refractivity (Wildman–Crippen MR) is 92.6 cm³/mol. The van der Waals surface area contributed by atoms with Gasteiger partial charge in [0.2, 0.25) is 0 Å². The van der Waals surface area contributed by atoms with Gasteiger partial charge in [-0.05, 0) is 12.8 Å². The standard InChI is InChI=1S/C16H21N5O3S/c1-23-15(22)11-2-3-13-18-19-14(21(13)5-4-11)12-10-25-16(17-12)20-6-8-24-9-7-20/h10-11H,2-9H2,1H3. The molecular formula is C16H21N5O3S. The molecule has 1 fully saturated rings. The van der Waals surface area contributed by atoms with E-state index in [1.54, 1.807) is 11.3 Å². The molecule has 2 aromatic heterocycles. The molecule has 4 heterocycles. The molecule has 0 saturated carbocycles. The predicted octanol–water partition coefficient (Wildman–Crippen LogP) is 1.36. The van der Waals surface area contributed by atoms with Gasteiger partial charge in [-0.25, -0.2) is 4.98 Å². The van der Waals surface area contributed by atoms with Crippen molar-refractivity contribution in [3.05, 3.63) is 11.2 Å². The molecule has 0 spiro atoms. The Balaban J connectivity index is 1.54. The second kappa shape index (κ2) is 7.09. The Labute approximate surface area is 149 Å². The molecule has 2 aromatic rings. The molecule has 2 aliphatic rings. The quantitative estimate of drug-likeness (QED) is 0.762. The van der Waals surface area contributed by atoms with Crippen LogP contribution in [0.3, 0.4) is 0 Å². The number of hydrogen-bond acceptors (Lipinski definition) is 8. The summed E-state index contributed by atoms with van der Waals surface area (Å²) in [4.78, 5) is 18.8. The number of hydrogen-bond donors (Lipinski definition) is 0. The lowest BCUT2D eigenvalue weighted by molar-refractivity contribution is -0.145. The minimum atomic E-state index is -0.136. The molecule has 4 rings (SSSR count). The van der Waals surface area contributed by atoms with Crippen LogP contribution in [0.25, 0.3) is 11.5 Å². The number of esters is 1. The average molecular weight is 363 g/mol. The molecule has 8 nitrogen and oxygen atoms in total. The fourth-order valence-corrected chi connectivity index (χ4v) is 4.20. The molecule has 1 saturated heterocycles. The van der Waals surface area contributed by atoms with Crippen LogP contribution in [-0.4, -0.2) is 59.1 Å². The van der Waals surface area contributed by atoms with E-state index < -0.39 is 0 Å². The lowest BCUT2D eigenvalue weighted by Crippen LogP contribution is -2.36. The van der Waals surface area contributed by atoms with Crippen LogP contribution in [0.1, 0.15) is 18.7 Å². The van der Waals surface area contributed by atoms with E-state index in [1.807, 2.05) is 5.38 Å². The van der Waals surface area contributed by atoms with Gasteiger partial charge in [-0.3, -0.25) is 4.79 Å². The Bertz CT molecular complexity index is 753. The van der Waals surface area contributed by atoms with Gasteiger partial charge in [0.15, 0.2) is 11.0 Å². The van der Waals surface area contributed by atoms with Gasteiger partial charge >= 0.3 is 5.97 Å². The number of thiazole rings is 1. The first kappa shape index (κ1) is 16.5. The summed E-state index contributed by atoms with van der Waals surface area (Å²) in [6, 6.07) is 0. The van der Waals surface area contributed by atoms with Crippen molar-refractivity contribution >= 4 is 22.4 Å². The monoisotopic (exact) mass is 363 g/mol. The Morgan fingerprint density at radius 1 is 1.28 bits per heavy atom. The molecule has 9 heteroatoms. The zero-order valence-corrected chi connectivity index (χ0v) is 15.0. The largest absolute Gasteiger partial charge is 0.469 e. The molecule has 0 bridgehead atoms. The fraction of sp³-hybridized carbons (Fsp3) is 0.625. The van der Waals surface area contributed by atoms with Crippen LogP contribution in [-0.2, 0) is 27.2 Å². The zero-order valence-electron chi connectivity index (χ0n) is 14.2. The molecular weight excluding hydrogens is 342 g/mol. The van der Waals surface area contributed by atoms with Gasteiger partial charge in [-0.15, -0.1) is 21.5 Å². The third kappa shape index (κ3) is 3.25. The van der Waals surface area contributed by atoms with Crippen molar-refractivity contribution in [1.29, 1.82) is 0 Å². The number of carbonyl (C=O) groups is 1. The molecule has 25 heavy (non-hydrogen) atoms.